The van der Waals surface area contributed by atoms with Crippen LogP contribution in [0.25, 0.3) is 11.1 Å². The summed E-state index contributed by atoms with van der Waals surface area (Å²) in [4.78, 5) is 35.8. The van der Waals surface area contributed by atoms with Crippen LogP contribution in [0.15, 0.2) is 85.0 Å². The van der Waals surface area contributed by atoms with Crippen LogP contribution in [0, 0.1) is 0 Å². The van der Waals surface area contributed by atoms with Crippen molar-refractivity contribution in [3.8, 4) is 28.4 Å². The zero-order chi connectivity index (χ0) is 32.3. The van der Waals surface area contributed by atoms with E-state index in [4.69, 9.17) is 23.7 Å². The van der Waals surface area contributed by atoms with Gasteiger partial charge in [-0.1, -0.05) is 32.2 Å². The van der Waals surface area contributed by atoms with E-state index in [9.17, 15) is 14.4 Å². The van der Waals surface area contributed by atoms with Crippen LogP contribution in [-0.4, -0.2) is 44.3 Å². The third kappa shape index (κ3) is 9.08. The molecule has 0 aliphatic heterocycles. The molecule has 4 rings (SSSR count). The van der Waals surface area contributed by atoms with Crippen molar-refractivity contribution in [1.29, 1.82) is 0 Å². The number of carbonyl (C=O) groups excluding carboxylic acids is 3. The molecule has 0 bridgehead atoms. The Balaban J connectivity index is 1.23. The van der Waals surface area contributed by atoms with E-state index in [1.807, 2.05) is 30.3 Å². The van der Waals surface area contributed by atoms with Crippen molar-refractivity contribution in [3.05, 3.63) is 102 Å². The maximum Gasteiger partial charge on any atom is 0.343 e. The maximum atomic E-state index is 12.9. The van der Waals surface area contributed by atoms with Gasteiger partial charge in [-0.05, 0) is 110 Å². The number of hydrogen-bond donors (Lipinski definition) is 0. The Kier molecular flexibility index (Phi) is 11.6. The minimum absolute atomic E-state index is 0.0777. The molecule has 8 heteroatoms. The van der Waals surface area contributed by atoms with Crippen LogP contribution in [0.2, 0.25) is 0 Å². The topological polar surface area (TPSA) is 97.4 Å². The van der Waals surface area contributed by atoms with E-state index in [1.54, 1.807) is 44.2 Å². The highest BCUT2D eigenvalue weighted by Gasteiger charge is 2.27. The second-order valence-corrected chi connectivity index (χ2v) is 11.1. The first-order valence-electron chi connectivity index (χ1n) is 15.2. The first-order chi connectivity index (χ1) is 21.6. The van der Waals surface area contributed by atoms with Crippen molar-refractivity contribution in [2.75, 3.05) is 26.4 Å². The van der Waals surface area contributed by atoms with E-state index in [1.165, 1.54) is 0 Å². The van der Waals surface area contributed by atoms with Crippen molar-refractivity contribution in [2.45, 2.75) is 52.4 Å². The molecule has 0 aromatic heterocycles. The van der Waals surface area contributed by atoms with Gasteiger partial charge in [-0.15, -0.1) is 0 Å². The Hall–Kier alpha value is -4.85. The van der Waals surface area contributed by atoms with Gasteiger partial charge in [0.2, 0.25) is 0 Å². The quantitative estimate of drug-likeness (QED) is 0.0706. The molecule has 0 N–H and O–H groups in total. The van der Waals surface area contributed by atoms with E-state index in [2.05, 4.69) is 20.1 Å². The molecule has 0 saturated carbocycles. The largest absolute Gasteiger partial charge is 0.494 e. The second kappa shape index (κ2) is 15.7. The summed E-state index contributed by atoms with van der Waals surface area (Å²) >= 11 is 0. The van der Waals surface area contributed by atoms with E-state index in [0.717, 1.165) is 47.9 Å². The van der Waals surface area contributed by atoms with Crippen LogP contribution in [0.5, 0.6) is 17.2 Å². The predicted octanol–water partition coefficient (Wildman–Crippen LogP) is 7.59. The minimum Gasteiger partial charge on any atom is -0.494 e. The average Bonchev–Trinajstić information content (AvgIpc) is 3.30. The standard InChI is InChI=1S/C37H40O8/c1-24(2)35(38)43-19-9-7-6-8-18-41-28-12-10-27(11-13-28)37(40)45-30-15-17-32-31-16-14-29(22-33(31)26(5)34(32)23-30)42-20-21-44-36(39)25(3)4/h10-17,22-23,26H,1,3,6-9,18-21H2,2,4-5H3. The summed E-state index contributed by atoms with van der Waals surface area (Å²) in [5, 5.41) is 0. The molecule has 1 aliphatic carbocycles. The van der Waals surface area contributed by atoms with Gasteiger partial charge in [-0.25, -0.2) is 14.4 Å². The lowest BCUT2D eigenvalue weighted by atomic mass is 9.99. The van der Waals surface area contributed by atoms with Gasteiger partial charge < -0.3 is 23.7 Å². The fourth-order valence-electron chi connectivity index (χ4n) is 4.92. The molecular weight excluding hydrogens is 572 g/mol. The smallest absolute Gasteiger partial charge is 0.343 e. The van der Waals surface area contributed by atoms with Gasteiger partial charge in [0.15, 0.2) is 0 Å². The van der Waals surface area contributed by atoms with Crippen molar-refractivity contribution >= 4 is 17.9 Å². The molecule has 1 aliphatic rings. The van der Waals surface area contributed by atoms with Gasteiger partial charge >= 0.3 is 17.9 Å². The number of esters is 3. The first-order valence-corrected chi connectivity index (χ1v) is 15.2. The summed E-state index contributed by atoms with van der Waals surface area (Å²) in [6, 6.07) is 18.5. The first kappa shape index (κ1) is 33.1. The molecule has 0 saturated heterocycles. The summed E-state index contributed by atoms with van der Waals surface area (Å²) in [7, 11) is 0. The number of hydrogen-bond acceptors (Lipinski definition) is 8. The molecule has 0 radical (unpaired) electrons. The summed E-state index contributed by atoms with van der Waals surface area (Å²) in [6.07, 6.45) is 3.58. The lowest BCUT2D eigenvalue weighted by molar-refractivity contribution is -0.140. The van der Waals surface area contributed by atoms with Crippen LogP contribution in [0.3, 0.4) is 0 Å². The molecule has 1 atom stereocenters. The Morgan fingerprint density at radius 1 is 0.622 bits per heavy atom. The monoisotopic (exact) mass is 612 g/mol. The molecule has 0 fully saturated rings. The predicted molar refractivity (Wildman–Crippen MR) is 172 cm³/mol. The summed E-state index contributed by atoms with van der Waals surface area (Å²) in [5.41, 5.74) is 5.57. The number of unbranched alkanes of at least 4 members (excludes halogenated alkanes) is 3. The zero-order valence-corrected chi connectivity index (χ0v) is 26.2. The van der Waals surface area contributed by atoms with E-state index in [-0.39, 0.29) is 25.1 Å². The maximum absolute atomic E-state index is 12.9. The Morgan fingerprint density at radius 2 is 1.13 bits per heavy atom. The Morgan fingerprint density at radius 3 is 1.76 bits per heavy atom. The second-order valence-electron chi connectivity index (χ2n) is 11.1. The normalized spacial score (nSPS) is 12.8. The lowest BCUT2D eigenvalue weighted by Crippen LogP contribution is -2.12. The molecule has 0 heterocycles. The van der Waals surface area contributed by atoms with Gasteiger partial charge in [-0.3, -0.25) is 0 Å². The fraction of sp³-hybridized carbons (Fsp3) is 0.324. The molecule has 1 unspecified atom stereocenters. The highest BCUT2D eigenvalue weighted by atomic mass is 16.6. The van der Waals surface area contributed by atoms with Crippen molar-refractivity contribution < 1.29 is 38.1 Å². The van der Waals surface area contributed by atoms with Crippen LogP contribution in [-0.2, 0) is 19.1 Å². The fourth-order valence-corrected chi connectivity index (χ4v) is 4.92. The number of ether oxygens (including phenoxy) is 5. The average molecular weight is 613 g/mol. The minimum atomic E-state index is -0.444. The molecule has 8 nitrogen and oxygen atoms in total. The number of benzene rings is 3. The van der Waals surface area contributed by atoms with Crippen LogP contribution in [0.1, 0.15) is 73.9 Å². The molecule has 3 aromatic rings. The SMILES string of the molecule is C=C(C)C(=O)OCCCCCCOc1ccc(C(=O)Oc2ccc3c(c2)C(C)c2cc(OCCOC(=O)C(=C)C)ccc2-3)cc1. The highest BCUT2D eigenvalue weighted by Crippen LogP contribution is 2.47. The zero-order valence-electron chi connectivity index (χ0n) is 26.2. The molecule has 0 spiro atoms. The molecule has 0 amide bonds. The molecule has 236 valence electrons. The van der Waals surface area contributed by atoms with Crippen molar-refractivity contribution in [1.82, 2.24) is 0 Å². The number of carbonyl (C=O) groups is 3. The number of fused-ring (bicyclic) bond motifs is 3. The van der Waals surface area contributed by atoms with E-state index in [0.29, 0.717) is 47.2 Å². The molecule has 3 aromatic carbocycles. The Bertz CT molecular complexity index is 1550. The highest BCUT2D eigenvalue weighted by molar-refractivity contribution is 5.91. The van der Waals surface area contributed by atoms with E-state index >= 15 is 0 Å². The van der Waals surface area contributed by atoms with Gasteiger partial charge in [0.05, 0.1) is 18.8 Å². The summed E-state index contributed by atoms with van der Waals surface area (Å²) in [6.45, 7) is 13.8. The van der Waals surface area contributed by atoms with Gasteiger partial charge in [0.25, 0.3) is 0 Å². The van der Waals surface area contributed by atoms with Gasteiger partial charge in [-0.2, -0.15) is 0 Å². The third-order valence-electron chi connectivity index (χ3n) is 7.39. The lowest BCUT2D eigenvalue weighted by Gasteiger charge is -2.11. The van der Waals surface area contributed by atoms with Crippen molar-refractivity contribution in [3.63, 3.8) is 0 Å². The van der Waals surface area contributed by atoms with Crippen LogP contribution in [0.4, 0.5) is 0 Å². The van der Waals surface area contributed by atoms with Crippen LogP contribution < -0.4 is 14.2 Å². The molecule has 45 heavy (non-hydrogen) atoms. The Labute approximate surface area is 264 Å². The van der Waals surface area contributed by atoms with Gasteiger partial charge in [0, 0.05) is 17.1 Å². The van der Waals surface area contributed by atoms with Gasteiger partial charge in [0.1, 0.15) is 30.5 Å². The number of rotatable bonds is 16. The van der Waals surface area contributed by atoms with Crippen LogP contribution >= 0.6 is 0 Å². The third-order valence-corrected chi connectivity index (χ3v) is 7.39. The summed E-state index contributed by atoms with van der Waals surface area (Å²) < 4.78 is 27.5. The summed E-state index contributed by atoms with van der Waals surface area (Å²) in [5.74, 6) is 0.701. The van der Waals surface area contributed by atoms with E-state index < -0.39 is 11.9 Å². The van der Waals surface area contributed by atoms with Crippen molar-refractivity contribution in [2.24, 2.45) is 0 Å². The molecular formula is C37H40O8.